The van der Waals surface area contributed by atoms with Crippen molar-refractivity contribution in [2.75, 3.05) is 11.5 Å². The maximum atomic E-state index is 5.91. The van der Waals surface area contributed by atoms with E-state index >= 15 is 0 Å². The summed E-state index contributed by atoms with van der Waals surface area (Å²) in [5.41, 5.74) is 15.6. The maximum Gasteiger partial charge on any atom is 0.0367 e. The number of hydrogen-bond acceptors (Lipinski definition) is 2. The van der Waals surface area contributed by atoms with E-state index in [9.17, 15) is 0 Å². The van der Waals surface area contributed by atoms with Crippen LogP contribution in [0.3, 0.4) is 0 Å². The Hall–Kier alpha value is -1.38. The Morgan fingerprint density at radius 3 is 2.06 bits per heavy atom. The van der Waals surface area contributed by atoms with Crippen molar-refractivity contribution >= 4 is 36.2 Å². The predicted molar refractivity (Wildman–Crippen MR) is 83.6 cm³/mol. The van der Waals surface area contributed by atoms with E-state index in [-0.39, 0.29) is 24.8 Å². The molecule has 0 atom stereocenters. The summed E-state index contributed by atoms with van der Waals surface area (Å²) in [4.78, 5) is 0. The number of anilines is 2. The molecule has 0 aromatic heterocycles. The molecule has 18 heavy (non-hydrogen) atoms. The number of nitrogens with two attached hydrogens (primary N) is 2. The Kier molecular flexibility index (Phi) is 7.25. The van der Waals surface area contributed by atoms with Crippen LogP contribution in [0.1, 0.15) is 11.1 Å². The van der Waals surface area contributed by atoms with Gasteiger partial charge in [-0.1, -0.05) is 36.4 Å². The van der Waals surface area contributed by atoms with E-state index in [0.29, 0.717) is 0 Å². The Morgan fingerprint density at radius 1 is 0.778 bits per heavy atom. The second-order valence-corrected chi connectivity index (χ2v) is 3.94. The molecule has 2 aromatic rings. The van der Waals surface area contributed by atoms with Gasteiger partial charge in [0.15, 0.2) is 0 Å². The van der Waals surface area contributed by atoms with Gasteiger partial charge in [0.2, 0.25) is 0 Å². The Bertz CT molecular complexity index is 472. The molecule has 0 aliphatic heterocycles. The van der Waals surface area contributed by atoms with Crippen LogP contribution < -0.4 is 11.5 Å². The zero-order valence-corrected chi connectivity index (χ0v) is 11.6. The average molecular weight is 285 g/mol. The quantitative estimate of drug-likeness (QED) is 0.848. The predicted octanol–water partition coefficient (Wildman–Crippen LogP) is 3.48. The lowest BCUT2D eigenvalue weighted by Gasteiger charge is -2.06. The van der Waals surface area contributed by atoms with Crippen molar-refractivity contribution in [2.24, 2.45) is 0 Å². The van der Waals surface area contributed by atoms with Crippen LogP contribution in [0.5, 0.6) is 0 Å². The second-order valence-electron chi connectivity index (χ2n) is 3.94. The van der Waals surface area contributed by atoms with E-state index in [1.165, 1.54) is 5.56 Å². The molecule has 0 spiro atoms. The second kappa shape index (κ2) is 7.85. The van der Waals surface area contributed by atoms with Gasteiger partial charge in [0, 0.05) is 11.4 Å². The van der Waals surface area contributed by atoms with E-state index in [1.807, 2.05) is 24.3 Å². The molecule has 98 valence electrons. The molecule has 0 saturated carbocycles. The van der Waals surface area contributed by atoms with Gasteiger partial charge in [-0.05, 0) is 36.1 Å². The zero-order valence-electron chi connectivity index (χ0n) is 10.0. The summed E-state index contributed by atoms with van der Waals surface area (Å²) in [5.74, 6) is 0. The highest BCUT2D eigenvalue weighted by molar-refractivity contribution is 5.85. The van der Waals surface area contributed by atoms with Crippen molar-refractivity contribution in [1.82, 2.24) is 0 Å². The fourth-order valence-corrected chi connectivity index (χ4v) is 1.76. The third kappa shape index (κ3) is 4.47. The monoisotopic (exact) mass is 284 g/mol. The molecule has 2 rings (SSSR count). The van der Waals surface area contributed by atoms with Gasteiger partial charge in [-0.25, -0.2) is 0 Å². The van der Waals surface area contributed by atoms with Crippen LogP contribution in [-0.4, -0.2) is 0 Å². The summed E-state index contributed by atoms with van der Waals surface area (Å²) in [6.07, 6.45) is 1.96. The van der Waals surface area contributed by atoms with Crippen LogP contribution in [0.25, 0.3) is 0 Å². The standard InChI is InChI=1S/C14H16N2.2ClH/c15-13-9-8-12(14(16)10-13)7-6-11-4-2-1-3-5-11;;/h1-5,8-10H,6-7,15-16H2;2*1H. The minimum absolute atomic E-state index is 0. The van der Waals surface area contributed by atoms with E-state index < -0.39 is 0 Å². The SMILES string of the molecule is Cl.Cl.Nc1ccc(CCc2ccccc2)c(N)c1. The third-order valence-electron chi connectivity index (χ3n) is 2.70. The minimum Gasteiger partial charge on any atom is -0.399 e. The first kappa shape index (κ1) is 16.6. The Labute approximate surface area is 120 Å². The van der Waals surface area contributed by atoms with Crippen LogP contribution in [0.4, 0.5) is 11.4 Å². The van der Waals surface area contributed by atoms with Crippen molar-refractivity contribution in [3.8, 4) is 0 Å². The first-order chi connectivity index (χ1) is 7.75. The number of nitrogen functional groups attached to an aromatic ring is 2. The van der Waals surface area contributed by atoms with E-state index in [1.54, 1.807) is 0 Å². The fourth-order valence-electron chi connectivity index (χ4n) is 1.76. The molecular weight excluding hydrogens is 267 g/mol. The summed E-state index contributed by atoms with van der Waals surface area (Å²) in [6, 6.07) is 16.1. The highest BCUT2D eigenvalue weighted by Crippen LogP contribution is 2.17. The third-order valence-corrected chi connectivity index (χ3v) is 2.70. The normalized spacial score (nSPS) is 9.11. The van der Waals surface area contributed by atoms with Crippen LogP contribution >= 0.6 is 24.8 Å². The molecule has 0 bridgehead atoms. The van der Waals surface area contributed by atoms with E-state index in [4.69, 9.17) is 11.5 Å². The van der Waals surface area contributed by atoms with Gasteiger partial charge < -0.3 is 11.5 Å². The lowest BCUT2D eigenvalue weighted by molar-refractivity contribution is 0.963. The molecule has 0 unspecified atom stereocenters. The molecule has 0 amide bonds. The molecule has 0 heterocycles. The maximum absolute atomic E-state index is 5.91. The summed E-state index contributed by atoms with van der Waals surface area (Å²) >= 11 is 0. The van der Waals surface area contributed by atoms with Crippen molar-refractivity contribution in [2.45, 2.75) is 12.8 Å². The number of rotatable bonds is 3. The Balaban J connectivity index is 0.00000144. The van der Waals surface area contributed by atoms with Gasteiger partial charge in [-0.2, -0.15) is 0 Å². The molecule has 0 aliphatic rings. The molecule has 2 aromatic carbocycles. The number of hydrogen-bond donors (Lipinski definition) is 2. The molecule has 2 nitrogen and oxygen atoms in total. The van der Waals surface area contributed by atoms with Crippen molar-refractivity contribution in [1.29, 1.82) is 0 Å². The smallest absolute Gasteiger partial charge is 0.0367 e. The molecule has 4 heteroatoms. The van der Waals surface area contributed by atoms with Gasteiger partial charge in [0.25, 0.3) is 0 Å². The molecule has 4 N–H and O–H groups in total. The lowest BCUT2D eigenvalue weighted by Crippen LogP contribution is -1.98. The summed E-state index contributed by atoms with van der Waals surface area (Å²) in [7, 11) is 0. The van der Waals surface area contributed by atoms with Crippen LogP contribution in [0, 0.1) is 0 Å². The molecule has 0 fully saturated rings. The number of benzene rings is 2. The van der Waals surface area contributed by atoms with Gasteiger partial charge in [-0.3, -0.25) is 0 Å². The Morgan fingerprint density at radius 2 is 1.44 bits per heavy atom. The van der Waals surface area contributed by atoms with Crippen LogP contribution in [-0.2, 0) is 12.8 Å². The van der Waals surface area contributed by atoms with E-state index in [0.717, 1.165) is 29.8 Å². The lowest BCUT2D eigenvalue weighted by atomic mass is 10.0. The van der Waals surface area contributed by atoms with Crippen LogP contribution in [0.2, 0.25) is 0 Å². The fraction of sp³-hybridized carbons (Fsp3) is 0.143. The number of aryl methyl sites for hydroxylation is 2. The summed E-state index contributed by atoms with van der Waals surface area (Å²) < 4.78 is 0. The van der Waals surface area contributed by atoms with Gasteiger partial charge in [-0.15, -0.1) is 24.8 Å². The molecule has 0 radical (unpaired) electrons. The van der Waals surface area contributed by atoms with Gasteiger partial charge >= 0.3 is 0 Å². The first-order valence-electron chi connectivity index (χ1n) is 5.43. The molecule has 0 saturated heterocycles. The zero-order chi connectivity index (χ0) is 11.4. The van der Waals surface area contributed by atoms with Crippen molar-refractivity contribution in [3.05, 3.63) is 59.7 Å². The molecule has 0 aliphatic carbocycles. The average Bonchev–Trinajstić information content (AvgIpc) is 2.29. The van der Waals surface area contributed by atoms with E-state index in [2.05, 4.69) is 24.3 Å². The van der Waals surface area contributed by atoms with Crippen molar-refractivity contribution in [3.63, 3.8) is 0 Å². The molecular formula is C14H18Cl2N2. The minimum atomic E-state index is 0. The summed E-state index contributed by atoms with van der Waals surface area (Å²) in [6.45, 7) is 0. The topological polar surface area (TPSA) is 52.0 Å². The van der Waals surface area contributed by atoms with Gasteiger partial charge in [0.05, 0.1) is 0 Å². The van der Waals surface area contributed by atoms with Gasteiger partial charge in [0.1, 0.15) is 0 Å². The highest BCUT2D eigenvalue weighted by atomic mass is 35.5. The highest BCUT2D eigenvalue weighted by Gasteiger charge is 2.00. The van der Waals surface area contributed by atoms with Crippen molar-refractivity contribution < 1.29 is 0 Å². The summed E-state index contributed by atoms with van der Waals surface area (Å²) in [5, 5.41) is 0. The largest absolute Gasteiger partial charge is 0.399 e. The van der Waals surface area contributed by atoms with Crippen LogP contribution in [0.15, 0.2) is 48.5 Å². The first-order valence-corrected chi connectivity index (χ1v) is 5.43. The number of halogens is 2.